The van der Waals surface area contributed by atoms with Crippen molar-refractivity contribution in [1.82, 2.24) is 4.31 Å². The highest BCUT2D eigenvalue weighted by atomic mass is 32.2. The summed E-state index contributed by atoms with van der Waals surface area (Å²) in [6.45, 7) is 2.82. The zero-order chi connectivity index (χ0) is 24.8. The summed E-state index contributed by atoms with van der Waals surface area (Å²) in [7, 11) is -3.58. The summed E-state index contributed by atoms with van der Waals surface area (Å²) in [6, 6.07) is 20.3. The van der Waals surface area contributed by atoms with Crippen LogP contribution < -0.4 is 10.6 Å². The molecule has 0 aliphatic carbocycles. The molecule has 3 aromatic carbocycles. The van der Waals surface area contributed by atoms with Crippen LogP contribution in [0.3, 0.4) is 0 Å². The molecule has 0 radical (unpaired) electrons. The molecule has 4 rings (SSSR count). The van der Waals surface area contributed by atoms with E-state index in [1.807, 2.05) is 18.2 Å². The van der Waals surface area contributed by atoms with Gasteiger partial charge in [-0.2, -0.15) is 4.31 Å². The highest BCUT2D eigenvalue weighted by Gasteiger charge is 2.25. The summed E-state index contributed by atoms with van der Waals surface area (Å²) in [5.74, 6) is -0.652. The molecule has 3 aromatic rings. The summed E-state index contributed by atoms with van der Waals surface area (Å²) in [4.78, 5) is 25.8. The normalized spacial score (nSPS) is 14.7. The summed E-state index contributed by atoms with van der Waals surface area (Å²) >= 11 is 0. The second kappa shape index (κ2) is 10.8. The Morgan fingerprint density at radius 3 is 2.06 bits per heavy atom. The fourth-order valence-corrected chi connectivity index (χ4v) is 5.66. The fraction of sp³-hybridized carbons (Fsp3) is 0.259. The van der Waals surface area contributed by atoms with Crippen molar-refractivity contribution >= 4 is 33.2 Å². The van der Waals surface area contributed by atoms with Crippen molar-refractivity contribution < 1.29 is 18.0 Å². The first-order chi connectivity index (χ1) is 16.9. The van der Waals surface area contributed by atoms with Crippen molar-refractivity contribution in [3.63, 3.8) is 0 Å². The number of benzene rings is 3. The van der Waals surface area contributed by atoms with Gasteiger partial charge >= 0.3 is 0 Å². The van der Waals surface area contributed by atoms with E-state index < -0.39 is 10.0 Å². The Morgan fingerprint density at radius 2 is 1.40 bits per heavy atom. The fourth-order valence-electron chi connectivity index (χ4n) is 4.14. The molecule has 1 fully saturated rings. The van der Waals surface area contributed by atoms with Gasteiger partial charge in [0.1, 0.15) is 0 Å². The second-order valence-corrected chi connectivity index (χ2v) is 10.5. The molecule has 0 spiro atoms. The second-order valence-electron chi connectivity index (χ2n) is 8.60. The van der Waals surface area contributed by atoms with Gasteiger partial charge in [-0.15, -0.1) is 0 Å². The van der Waals surface area contributed by atoms with Crippen molar-refractivity contribution in [2.75, 3.05) is 23.7 Å². The van der Waals surface area contributed by atoms with E-state index in [1.165, 1.54) is 28.6 Å². The Hall–Kier alpha value is -3.49. The number of nitrogens with zero attached hydrogens (tertiary/aromatic N) is 1. The van der Waals surface area contributed by atoms with E-state index in [1.54, 1.807) is 37.3 Å². The van der Waals surface area contributed by atoms with Gasteiger partial charge in [0.15, 0.2) is 0 Å². The molecule has 8 heteroatoms. The van der Waals surface area contributed by atoms with Crippen LogP contribution in [0.15, 0.2) is 77.7 Å². The van der Waals surface area contributed by atoms with Crippen molar-refractivity contribution in [1.29, 1.82) is 0 Å². The molecule has 35 heavy (non-hydrogen) atoms. The molecule has 2 amide bonds. The first kappa shape index (κ1) is 24.6. The smallest absolute Gasteiger partial charge is 0.256 e. The van der Waals surface area contributed by atoms with E-state index in [-0.39, 0.29) is 16.7 Å². The molecule has 1 aliphatic heterocycles. The molecule has 1 saturated heterocycles. The summed E-state index contributed by atoms with van der Waals surface area (Å²) in [5.41, 5.74) is 2.61. The van der Waals surface area contributed by atoms with Gasteiger partial charge in [0.25, 0.3) is 11.8 Å². The topological polar surface area (TPSA) is 95.6 Å². The van der Waals surface area contributed by atoms with Crippen LogP contribution >= 0.6 is 0 Å². The standard InChI is InChI=1S/C27H29N3O4S/c1-20-24(27(32)28-22-10-5-4-6-11-22)12-9-13-25(20)29-26(31)21-14-16-23(17-15-21)35(33,34)30-18-7-2-3-8-19-30/h4-6,9-17H,2-3,7-8,18-19H2,1H3,(H,28,32)(H,29,31). The predicted octanol–water partition coefficient (Wildman–Crippen LogP) is 5.06. The number of amides is 2. The molecule has 0 unspecified atom stereocenters. The molecule has 182 valence electrons. The van der Waals surface area contributed by atoms with Crippen LogP contribution in [-0.2, 0) is 10.0 Å². The third-order valence-corrected chi connectivity index (χ3v) is 8.09. The number of hydrogen-bond donors (Lipinski definition) is 2. The van der Waals surface area contributed by atoms with Crippen LogP contribution in [0.4, 0.5) is 11.4 Å². The van der Waals surface area contributed by atoms with Gasteiger partial charge in [0.05, 0.1) is 4.90 Å². The quantitative estimate of drug-likeness (QED) is 0.504. The molecule has 7 nitrogen and oxygen atoms in total. The number of nitrogens with one attached hydrogen (secondary N) is 2. The molecule has 0 aromatic heterocycles. The van der Waals surface area contributed by atoms with Crippen LogP contribution in [0.1, 0.15) is 52.0 Å². The number of carbonyl (C=O) groups excluding carboxylic acids is 2. The highest BCUT2D eigenvalue weighted by molar-refractivity contribution is 7.89. The number of para-hydroxylation sites is 1. The third-order valence-electron chi connectivity index (χ3n) is 6.18. The first-order valence-corrected chi connectivity index (χ1v) is 13.2. The van der Waals surface area contributed by atoms with Gasteiger partial charge < -0.3 is 10.6 Å². The number of hydrogen-bond acceptors (Lipinski definition) is 4. The molecule has 1 aliphatic rings. The minimum Gasteiger partial charge on any atom is -0.322 e. The first-order valence-electron chi connectivity index (χ1n) is 11.7. The highest BCUT2D eigenvalue weighted by Crippen LogP contribution is 2.23. The number of sulfonamides is 1. The lowest BCUT2D eigenvalue weighted by atomic mass is 10.1. The number of carbonyl (C=O) groups is 2. The van der Waals surface area contributed by atoms with Gasteiger partial charge in [-0.1, -0.05) is 37.1 Å². The van der Waals surface area contributed by atoms with Crippen LogP contribution in [0.2, 0.25) is 0 Å². The molecule has 0 saturated carbocycles. The van der Waals surface area contributed by atoms with Gasteiger partial charge in [-0.3, -0.25) is 9.59 Å². The van der Waals surface area contributed by atoms with Gasteiger partial charge in [-0.25, -0.2) is 8.42 Å². The Bertz CT molecular complexity index is 1300. The Labute approximate surface area is 206 Å². The van der Waals surface area contributed by atoms with Crippen LogP contribution in [0.5, 0.6) is 0 Å². The van der Waals surface area contributed by atoms with E-state index in [9.17, 15) is 18.0 Å². The van der Waals surface area contributed by atoms with Gasteiger partial charge in [-0.05, 0) is 73.9 Å². The molecule has 0 atom stereocenters. The molecule has 0 bridgehead atoms. The van der Waals surface area contributed by atoms with E-state index >= 15 is 0 Å². The zero-order valence-corrected chi connectivity index (χ0v) is 20.5. The lowest BCUT2D eigenvalue weighted by Crippen LogP contribution is -2.31. The summed E-state index contributed by atoms with van der Waals surface area (Å²) in [6.07, 6.45) is 3.81. The maximum atomic E-state index is 13.0. The van der Waals surface area contributed by atoms with Crippen molar-refractivity contribution in [3.05, 3.63) is 89.5 Å². The average Bonchev–Trinajstić information content (AvgIpc) is 3.16. The average molecular weight is 492 g/mol. The Balaban J connectivity index is 1.47. The van der Waals surface area contributed by atoms with E-state index in [0.717, 1.165) is 25.7 Å². The van der Waals surface area contributed by atoms with Gasteiger partial charge in [0, 0.05) is 35.6 Å². The van der Waals surface area contributed by atoms with Crippen molar-refractivity contribution in [2.45, 2.75) is 37.5 Å². The van der Waals surface area contributed by atoms with Gasteiger partial charge in [0.2, 0.25) is 10.0 Å². The van der Waals surface area contributed by atoms with E-state index in [0.29, 0.717) is 41.2 Å². The van der Waals surface area contributed by atoms with Crippen molar-refractivity contribution in [2.24, 2.45) is 0 Å². The summed E-state index contributed by atoms with van der Waals surface area (Å²) in [5, 5.41) is 5.69. The number of anilines is 2. The zero-order valence-electron chi connectivity index (χ0n) is 19.7. The predicted molar refractivity (Wildman–Crippen MR) is 137 cm³/mol. The van der Waals surface area contributed by atoms with E-state index in [2.05, 4.69) is 10.6 Å². The minimum atomic E-state index is -3.58. The SMILES string of the molecule is Cc1c(NC(=O)c2ccc(S(=O)(=O)N3CCCCCC3)cc2)cccc1C(=O)Nc1ccccc1. The number of rotatable bonds is 6. The Morgan fingerprint density at radius 1 is 0.743 bits per heavy atom. The lowest BCUT2D eigenvalue weighted by molar-refractivity contribution is 0.101. The van der Waals surface area contributed by atoms with Crippen LogP contribution in [0, 0.1) is 6.92 Å². The molecular weight excluding hydrogens is 462 g/mol. The summed E-state index contributed by atoms with van der Waals surface area (Å²) < 4.78 is 27.5. The molecule has 1 heterocycles. The minimum absolute atomic E-state index is 0.187. The maximum absolute atomic E-state index is 13.0. The third kappa shape index (κ3) is 5.78. The Kier molecular flexibility index (Phi) is 7.63. The molecule has 2 N–H and O–H groups in total. The monoisotopic (exact) mass is 491 g/mol. The van der Waals surface area contributed by atoms with Crippen LogP contribution in [0.25, 0.3) is 0 Å². The largest absolute Gasteiger partial charge is 0.322 e. The lowest BCUT2D eigenvalue weighted by Gasteiger charge is -2.20. The van der Waals surface area contributed by atoms with E-state index in [4.69, 9.17) is 0 Å². The molecular formula is C27H29N3O4S. The maximum Gasteiger partial charge on any atom is 0.256 e. The van der Waals surface area contributed by atoms with Crippen LogP contribution in [-0.4, -0.2) is 37.6 Å². The van der Waals surface area contributed by atoms with Crippen molar-refractivity contribution in [3.8, 4) is 0 Å².